The first-order chi connectivity index (χ1) is 13.0. The van der Waals surface area contributed by atoms with E-state index in [1.165, 1.54) is 10.7 Å². The molecule has 1 saturated heterocycles. The van der Waals surface area contributed by atoms with E-state index in [4.69, 9.17) is 9.47 Å². The van der Waals surface area contributed by atoms with Gasteiger partial charge in [-0.2, -0.15) is 5.10 Å². The molecule has 1 aliphatic heterocycles. The van der Waals surface area contributed by atoms with Crippen LogP contribution in [-0.2, 0) is 0 Å². The number of ether oxygens (including phenoxy) is 2. The van der Waals surface area contributed by atoms with Crippen molar-refractivity contribution in [2.24, 2.45) is 5.92 Å². The second-order valence-corrected chi connectivity index (χ2v) is 6.71. The molecule has 0 bridgehead atoms. The van der Waals surface area contributed by atoms with Crippen molar-refractivity contribution < 1.29 is 14.3 Å². The maximum Gasteiger partial charge on any atom is 0.278 e. The molecule has 27 heavy (non-hydrogen) atoms. The average Bonchev–Trinajstić information content (AvgIpc) is 2.69. The molecule has 3 rings (SSSR count). The number of carbonyl (C=O) groups excluding carboxylic acids is 1. The minimum Gasteiger partial charge on any atom is -0.497 e. The number of likely N-dealkylation sites (tertiary alicyclic amines) is 1. The molecular formula is C20H25N3O4. The molecule has 0 aliphatic carbocycles. The molecule has 2 aromatic rings. The normalized spacial score (nSPS) is 14.9. The molecule has 2 heterocycles. The molecule has 0 spiro atoms. The van der Waals surface area contributed by atoms with E-state index in [-0.39, 0.29) is 11.6 Å². The van der Waals surface area contributed by atoms with E-state index in [0.717, 1.165) is 12.8 Å². The smallest absolute Gasteiger partial charge is 0.278 e. The van der Waals surface area contributed by atoms with Gasteiger partial charge in [-0.1, -0.05) is 6.92 Å². The van der Waals surface area contributed by atoms with E-state index in [0.29, 0.717) is 42.9 Å². The highest BCUT2D eigenvalue weighted by molar-refractivity contribution is 5.92. The van der Waals surface area contributed by atoms with Gasteiger partial charge < -0.3 is 14.4 Å². The van der Waals surface area contributed by atoms with Crippen molar-refractivity contribution >= 4 is 5.91 Å². The van der Waals surface area contributed by atoms with Crippen LogP contribution in [0.25, 0.3) is 5.69 Å². The summed E-state index contributed by atoms with van der Waals surface area (Å²) in [4.78, 5) is 27.1. The summed E-state index contributed by atoms with van der Waals surface area (Å²) >= 11 is 0. The van der Waals surface area contributed by atoms with Crippen LogP contribution in [0.1, 0.15) is 37.2 Å². The topological polar surface area (TPSA) is 73.7 Å². The van der Waals surface area contributed by atoms with Crippen LogP contribution in [0.15, 0.2) is 35.1 Å². The number of nitrogens with zero attached hydrogens (tertiary/aromatic N) is 3. The number of benzene rings is 1. The Labute approximate surface area is 158 Å². The lowest BCUT2D eigenvalue weighted by atomic mass is 9.99. The van der Waals surface area contributed by atoms with Crippen LogP contribution in [0.3, 0.4) is 0 Å². The quantitative estimate of drug-likeness (QED) is 0.807. The average molecular weight is 371 g/mol. The Bertz CT molecular complexity index is 853. The molecule has 1 aromatic heterocycles. The molecule has 1 aromatic carbocycles. The lowest BCUT2D eigenvalue weighted by molar-refractivity contribution is 0.0687. The maximum atomic E-state index is 12.9. The van der Waals surface area contributed by atoms with Crippen molar-refractivity contribution in [2.75, 3.05) is 26.8 Å². The van der Waals surface area contributed by atoms with E-state index < -0.39 is 5.43 Å². The van der Waals surface area contributed by atoms with Gasteiger partial charge in [0, 0.05) is 13.1 Å². The number of amides is 1. The van der Waals surface area contributed by atoms with Crippen LogP contribution in [0, 0.1) is 5.92 Å². The molecule has 1 aliphatic rings. The second-order valence-electron chi connectivity index (χ2n) is 6.71. The summed E-state index contributed by atoms with van der Waals surface area (Å²) in [5, 5.41) is 4.36. The minimum atomic E-state index is -0.424. The molecule has 0 radical (unpaired) electrons. The third-order valence-electron chi connectivity index (χ3n) is 4.78. The van der Waals surface area contributed by atoms with Crippen molar-refractivity contribution in [1.82, 2.24) is 14.7 Å². The van der Waals surface area contributed by atoms with Gasteiger partial charge in [0.1, 0.15) is 5.75 Å². The lowest BCUT2D eigenvalue weighted by Gasteiger charge is -2.30. The van der Waals surface area contributed by atoms with Gasteiger partial charge in [0.25, 0.3) is 5.91 Å². The highest BCUT2D eigenvalue weighted by Gasteiger charge is 2.25. The SMILES string of the molecule is CCOc1cc(=O)c(C(=O)N2CCC(C)CC2)nn1-c1ccc(OC)cc1. The largest absolute Gasteiger partial charge is 0.497 e. The Morgan fingerprint density at radius 3 is 2.48 bits per heavy atom. The van der Waals surface area contributed by atoms with Crippen LogP contribution in [-0.4, -0.2) is 47.4 Å². The van der Waals surface area contributed by atoms with Crippen LogP contribution < -0.4 is 14.9 Å². The van der Waals surface area contributed by atoms with Crippen molar-refractivity contribution in [2.45, 2.75) is 26.7 Å². The molecule has 0 unspecified atom stereocenters. The highest BCUT2D eigenvalue weighted by Crippen LogP contribution is 2.20. The van der Waals surface area contributed by atoms with Crippen molar-refractivity contribution in [3.8, 4) is 17.3 Å². The highest BCUT2D eigenvalue weighted by atomic mass is 16.5. The number of methoxy groups -OCH3 is 1. The lowest BCUT2D eigenvalue weighted by Crippen LogP contribution is -2.41. The predicted molar refractivity (Wildman–Crippen MR) is 102 cm³/mol. The monoisotopic (exact) mass is 371 g/mol. The van der Waals surface area contributed by atoms with Crippen LogP contribution in [0.5, 0.6) is 11.6 Å². The first-order valence-corrected chi connectivity index (χ1v) is 9.24. The minimum absolute atomic E-state index is 0.0798. The molecule has 0 N–H and O–H groups in total. The van der Waals surface area contributed by atoms with Crippen molar-refractivity contribution in [3.63, 3.8) is 0 Å². The van der Waals surface area contributed by atoms with Gasteiger partial charge in [0.2, 0.25) is 11.3 Å². The Hall–Kier alpha value is -2.83. The van der Waals surface area contributed by atoms with E-state index >= 15 is 0 Å². The Morgan fingerprint density at radius 2 is 1.89 bits per heavy atom. The number of hydrogen-bond donors (Lipinski definition) is 0. The maximum absolute atomic E-state index is 12.9. The fourth-order valence-corrected chi connectivity index (χ4v) is 3.11. The Morgan fingerprint density at radius 1 is 1.22 bits per heavy atom. The van der Waals surface area contributed by atoms with E-state index in [9.17, 15) is 9.59 Å². The standard InChI is InChI=1S/C20H25N3O4/c1-4-27-18-13-17(24)19(20(25)22-11-9-14(2)10-12-22)21-23(18)15-5-7-16(26-3)8-6-15/h5-8,13-14H,4,9-12H2,1-3H3. The van der Waals surface area contributed by atoms with Gasteiger partial charge in [-0.15, -0.1) is 0 Å². The van der Waals surface area contributed by atoms with Crippen molar-refractivity contribution in [3.05, 3.63) is 46.2 Å². The van der Waals surface area contributed by atoms with Gasteiger partial charge >= 0.3 is 0 Å². The number of aromatic nitrogens is 2. The molecule has 0 atom stereocenters. The fraction of sp³-hybridized carbons (Fsp3) is 0.450. The van der Waals surface area contributed by atoms with Gasteiger partial charge in [0.05, 0.1) is 25.5 Å². The molecule has 1 fully saturated rings. The number of carbonyl (C=O) groups is 1. The number of piperidine rings is 1. The van der Waals surface area contributed by atoms with Gasteiger partial charge in [0.15, 0.2) is 5.69 Å². The number of rotatable bonds is 5. The van der Waals surface area contributed by atoms with Crippen LogP contribution in [0.2, 0.25) is 0 Å². The zero-order valence-electron chi connectivity index (χ0n) is 16.0. The van der Waals surface area contributed by atoms with E-state index in [1.807, 2.05) is 6.92 Å². The molecular weight excluding hydrogens is 346 g/mol. The summed E-state index contributed by atoms with van der Waals surface area (Å²) in [7, 11) is 1.59. The zero-order valence-corrected chi connectivity index (χ0v) is 16.0. The second kappa shape index (κ2) is 8.24. The van der Waals surface area contributed by atoms with Crippen LogP contribution in [0.4, 0.5) is 0 Å². The summed E-state index contributed by atoms with van der Waals surface area (Å²) in [5.41, 5.74) is 0.177. The summed E-state index contributed by atoms with van der Waals surface area (Å²) in [6, 6.07) is 8.52. The third-order valence-corrected chi connectivity index (χ3v) is 4.78. The van der Waals surface area contributed by atoms with Crippen LogP contribution >= 0.6 is 0 Å². The molecule has 7 heteroatoms. The predicted octanol–water partition coefficient (Wildman–Crippen LogP) is 2.51. The first-order valence-electron chi connectivity index (χ1n) is 9.24. The van der Waals surface area contributed by atoms with E-state index in [1.54, 1.807) is 36.3 Å². The van der Waals surface area contributed by atoms with Gasteiger partial charge in [-0.25, -0.2) is 4.68 Å². The Balaban J connectivity index is 1.99. The molecule has 7 nitrogen and oxygen atoms in total. The first kappa shape index (κ1) is 18.9. The van der Waals surface area contributed by atoms with Gasteiger partial charge in [-0.3, -0.25) is 9.59 Å². The summed E-state index contributed by atoms with van der Waals surface area (Å²) in [6.45, 7) is 5.69. The zero-order chi connectivity index (χ0) is 19.4. The molecule has 0 saturated carbocycles. The number of hydrogen-bond acceptors (Lipinski definition) is 5. The molecule has 144 valence electrons. The Kier molecular flexibility index (Phi) is 5.78. The molecule has 1 amide bonds. The third kappa shape index (κ3) is 4.13. The summed E-state index contributed by atoms with van der Waals surface area (Å²) in [5.74, 6) is 1.28. The van der Waals surface area contributed by atoms with Crippen molar-refractivity contribution in [1.29, 1.82) is 0 Å². The van der Waals surface area contributed by atoms with Gasteiger partial charge in [-0.05, 0) is 49.9 Å². The fourth-order valence-electron chi connectivity index (χ4n) is 3.11. The summed E-state index contributed by atoms with van der Waals surface area (Å²) in [6.07, 6.45) is 1.88. The summed E-state index contributed by atoms with van der Waals surface area (Å²) < 4.78 is 12.2. The van der Waals surface area contributed by atoms with E-state index in [2.05, 4.69) is 12.0 Å².